The second-order valence-corrected chi connectivity index (χ2v) is 5.07. The van der Waals surface area contributed by atoms with Gasteiger partial charge in [0.1, 0.15) is 5.82 Å². The fraction of sp³-hybridized carbons (Fsp3) is 0.500. The van der Waals surface area contributed by atoms with E-state index >= 15 is 0 Å². The number of rotatable bonds is 1. The van der Waals surface area contributed by atoms with Gasteiger partial charge >= 0.3 is 0 Å². The first-order valence-electron chi connectivity index (χ1n) is 6.33. The van der Waals surface area contributed by atoms with E-state index < -0.39 is 0 Å². The van der Waals surface area contributed by atoms with Crippen LogP contribution in [0.25, 0.3) is 5.57 Å². The van der Waals surface area contributed by atoms with Crippen LogP contribution in [0.5, 0.6) is 0 Å². The van der Waals surface area contributed by atoms with E-state index in [1.54, 1.807) is 12.3 Å². The standard InChI is InChI=1S/C14H17FN2/c15-14-6-13(8-17-9-14)11-2-1-10-3-4-16-7-12(10)5-11/h2,6,8-10,12,16H,1,3-5,7H2/t10-,12+/m0/s1. The van der Waals surface area contributed by atoms with E-state index in [0.29, 0.717) is 5.92 Å². The minimum atomic E-state index is -0.243. The zero-order valence-corrected chi connectivity index (χ0v) is 9.82. The number of fused-ring (bicyclic) bond motifs is 1. The minimum absolute atomic E-state index is 0.243. The molecule has 3 heteroatoms. The average Bonchev–Trinajstić information content (AvgIpc) is 2.38. The molecule has 0 saturated carbocycles. The predicted molar refractivity (Wildman–Crippen MR) is 65.9 cm³/mol. The van der Waals surface area contributed by atoms with Gasteiger partial charge < -0.3 is 5.32 Å². The van der Waals surface area contributed by atoms with E-state index in [9.17, 15) is 4.39 Å². The van der Waals surface area contributed by atoms with Crippen molar-refractivity contribution in [3.05, 3.63) is 35.9 Å². The second-order valence-electron chi connectivity index (χ2n) is 5.07. The van der Waals surface area contributed by atoms with Gasteiger partial charge in [-0.15, -0.1) is 0 Å². The average molecular weight is 232 g/mol. The van der Waals surface area contributed by atoms with Gasteiger partial charge in [0.15, 0.2) is 0 Å². The SMILES string of the molecule is Fc1cncc(C2=CC[C@H]3CCNC[C@H]3C2)c1. The molecule has 2 nitrogen and oxygen atoms in total. The maximum atomic E-state index is 13.2. The summed E-state index contributed by atoms with van der Waals surface area (Å²) in [5.41, 5.74) is 2.22. The Morgan fingerprint density at radius 2 is 2.24 bits per heavy atom. The summed E-state index contributed by atoms with van der Waals surface area (Å²) in [5.74, 6) is 1.29. The lowest BCUT2D eigenvalue weighted by molar-refractivity contribution is 0.252. The summed E-state index contributed by atoms with van der Waals surface area (Å²) in [7, 11) is 0. The van der Waals surface area contributed by atoms with Gasteiger partial charge in [-0.25, -0.2) is 4.39 Å². The molecule has 90 valence electrons. The van der Waals surface area contributed by atoms with E-state index in [2.05, 4.69) is 16.4 Å². The Morgan fingerprint density at radius 1 is 1.29 bits per heavy atom. The molecule has 0 amide bonds. The van der Waals surface area contributed by atoms with Crippen LogP contribution in [0.2, 0.25) is 0 Å². The minimum Gasteiger partial charge on any atom is -0.316 e. The van der Waals surface area contributed by atoms with E-state index in [0.717, 1.165) is 37.4 Å². The Hall–Kier alpha value is -1.22. The second kappa shape index (κ2) is 4.57. The van der Waals surface area contributed by atoms with Crippen LogP contribution >= 0.6 is 0 Å². The van der Waals surface area contributed by atoms with Crippen LogP contribution in [0.4, 0.5) is 4.39 Å². The highest BCUT2D eigenvalue weighted by Gasteiger charge is 2.28. The number of nitrogens with zero attached hydrogens (tertiary/aromatic N) is 1. The summed E-state index contributed by atoms with van der Waals surface area (Å²) >= 11 is 0. The number of pyridine rings is 1. The molecule has 3 rings (SSSR count). The zero-order chi connectivity index (χ0) is 11.7. The first kappa shape index (κ1) is 10.9. The molecule has 1 aliphatic carbocycles. The van der Waals surface area contributed by atoms with Crippen molar-refractivity contribution in [3.8, 4) is 0 Å². The van der Waals surface area contributed by atoms with Crippen LogP contribution in [0, 0.1) is 17.7 Å². The normalized spacial score (nSPS) is 28.4. The van der Waals surface area contributed by atoms with Gasteiger partial charge in [0.05, 0.1) is 6.20 Å². The van der Waals surface area contributed by atoms with Gasteiger partial charge in [-0.05, 0) is 61.4 Å². The summed E-state index contributed by atoms with van der Waals surface area (Å²) in [6, 6.07) is 1.59. The summed E-state index contributed by atoms with van der Waals surface area (Å²) < 4.78 is 13.2. The van der Waals surface area contributed by atoms with Crippen molar-refractivity contribution in [2.45, 2.75) is 19.3 Å². The first-order chi connectivity index (χ1) is 8.33. The van der Waals surface area contributed by atoms with Crippen molar-refractivity contribution in [1.82, 2.24) is 10.3 Å². The topological polar surface area (TPSA) is 24.9 Å². The Morgan fingerprint density at radius 3 is 3.12 bits per heavy atom. The molecule has 2 atom stereocenters. The van der Waals surface area contributed by atoms with Gasteiger partial charge in [-0.2, -0.15) is 0 Å². The molecular formula is C14H17FN2. The van der Waals surface area contributed by atoms with Gasteiger partial charge in [-0.3, -0.25) is 4.98 Å². The lowest BCUT2D eigenvalue weighted by Crippen LogP contribution is -2.37. The van der Waals surface area contributed by atoms with Crippen molar-refractivity contribution in [2.24, 2.45) is 11.8 Å². The van der Waals surface area contributed by atoms with Crippen molar-refractivity contribution in [2.75, 3.05) is 13.1 Å². The van der Waals surface area contributed by atoms with Crippen LogP contribution in [0.1, 0.15) is 24.8 Å². The molecule has 0 unspecified atom stereocenters. The third-order valence-corrected chi connectivity index (χ3v) is 3.99. The van der Waals surface area contributed by atoms with Crippen LogP contribution in [-0.4, -0.2) is 18.1 Å². The van der Waals surface area contributed by atoms with Crippen LogP contribution in [0.3, 0.4) is 0 Å². The number of aromatic nitrogens is 1. The number of hydrogen-bond acceptors (Lipinski definition) is 2. The van der Waals surface area contributed by atoms with E-state index in [4.69, 9.17) is 0 Å². The number of nitrogens with one attached hydrogen (secondary N) is 1. The summed E-state index contributed by atoms with van der Waals surface area (Å²) in [6.07, 6.45) is 8.78. The molecule has 2 aliphatic rings. The number of allylic oxidation sites excluding steroid dienone is 2. The highest BCUT2D eigenvalue weighted by molar-refractivity contribution is 5.65. The highest BCUT2D eigenvalue weighted by Crippen LogP contribution is 2.37. The Balaban J connectivity index is 1.82. The van der Waals surface area contributed by atoms with Crippen LogP contribution in [0.15, 0.2) is 24.5 Å². The van der Waals surface area contributed by atoms with E-state index in [1.165, 1.54) is 18.2 Å². The zero-order valence-electron chi connectivity index (χ0n) is 9.82. The fourth-order valence-corrected chi connectivity index (χ4v) is 3.01. The maximum Gasteiger partial charge on any atom is 0.142 e. The quantitative estimate of drug-likeness (QED) is 0.805. The molecule has 17 heavy (non-hydrogen) atoms. The lowest BCUT2D eigenvalue weighted by Gasteiger charge is -2.35. The molecule has 0 bridgehead atoms. The van der Waals surface area contributed by atoms with E-state index in [1.807, 2.05) is 0 Å². The van der Waals surface area contributed by atoms with Crippen molar-refractivity contribution in [1.29, 1.82) is 0 Å². The molecule has 1 saturated heterocycles. The Labute approximate surface area is 101 Å². The summed E-state index contributed by atoms with van der Waals surface area (Å²) in [5, 5.41) is 3.45. The van der Waals surface area contributed by atoms with Crippen molar-refractivity contribution < 1.29 is 4.39 Å². The molecule has 0 radical (unpaired) electrons. The molecule has 1 aromatic rings. The molecule has 1 N–H and O–H groups in total. The molecule has 1 fully saturated rings. The monoisotopic (exact) mass is 232 g/mol. The Kier molecular flexibility index (Phi) is 2.93. The first-order valence-corrected chi connectivity index (χ1v) is 6.33. The Bertz CT molecular complexity index is 442. The molecule has 2 heterocycles. The predicted octanol–water partition coefficient (Wildman–Crippen LogP) is 2.62. The number of halogens is 1. The molecular weight excluding hydrogens is 215 g/mol. The summed E-state index contributed by atoms with van der Waals surface area (Å²) in [6.45, 7) is 2.25. The number of piperidine rings is 1. The molecule has 0 aromatic carbocycles. The fourth-order valence-electron chi connectivity index (χ4n) is 3.01. The van der Waals surface area contributed by atoms with Crippen molar-refractivity contribution >= 4 is 5.57 Å². The highest BCUT2D eigenvalue weighted by atomic mass is 19.1. The smallest absolute Gasteiger partial charge is 0.142 e. The van der Waals surface area contributed by atoms with Gasteiger partial charge in [-0.1, -0.05) is 6.08 Å². The summed E-state index contributed by atoms with van der Waals surface area (Å²) in [4.78, 5) is 3.93. The largest absolute Gasteiger partial charge is 0.316 e. The van der Waals surface area contributed by atoms with Crippen molar-refractivity contribution in [3.63, 3.8) is 0 Å². The maximum absolute atomic E-state index is 13.2. The third kappa shape index (κ3) is 2.25. The van der Waals surface area contributed by atoms with Gasteiger partial charge in [0.25, 0.3) is 0 Å². The van der Waals surface area contributed by atoms with Gasteiger partial charge in [0.2, 0.25) is 0 Å². The number of hydrogen-bond donors (Lipinski definition) is 1. The molecule has 0 spiro atoms. The van der Waals surface area contributed by atoms with Crippen LogP contribution < -0.4 is 5.32 Å². The van der Waals surface area contributed by atoms with E-state index in [-0.39, 0.29) is 5.82 Å². The van der Waals surface area contributed by atoms with Crippen LogP contribution in [-0.2, 0) is 0 Å². The van der Waals surface area contributed by atoms with Gasteiger partial charge in [0, 0.05) is 6.20 Å². The molecule has 1 aromatic heterocycles. The molecule has 1 aliphatic heterocycles. The lowest BCUT2D eigenvalue weighted by atomic mass is 9.75. The third-order valence-electron chi connectivity index (χ3n) is 3.99.